The lowest BCUT2D eigenvalue weighted by molar-refractivity contribution is -0.141. The number of halogens is 1. The summed E-state index contributed by atoms with van der Waals surface area (Å²) in [5, 5.41) is 2.93. The molecule has 1 atom stereocenters. The smallest absolute Gasteiger partial charge is 0.307 e. The summed E-state index contributed by atoms with van der Waals surface area (Å²) in [6, 6.07) is 14.3. The van der Waals surface area contributed by atoms with Gasteiger partial charge in [0.15, 0.2) is 0 Å². The fourth-order valence-electron chi connectivity index (χ4n) is 2.36. The molecule has 0 bridgehead atoms. The zero-order valence-corrected chi connectivity index (χ0v) is 16.0. The van der Waals surface area contributed by atoms with Crippen molar-refractivity contribution in [2.75, 3.05) is 26.1 Å². The third-order valence-corrected chi connectivity index (χ3v) is 4.33. The maximum atomic E-state index is 12.6. The highest BCUT2D eigenvalue weighted by atomic mass is 79.9. The molecule has 132 valence electrons. The van der Waals surface area contributed by atoms with Gasteiger partial charge >= 0.3 is 5.97 Å². The minimum Gasteiger partial charge on any atom is -0.469 e. The number of amides is 1. The fraction of sp³-hybridized carbons (Fsp3) is 0.263. The number of nitrogens with zero attached hydrogens (tertiary/aromatic N) is 1. The van der Waals surface area contributed by atoms with Gasteiger partial charge in [-0.2, -0.15) is 0 Å². The van der Waals surface area contributed by atoms with E-state index >= 15 is 0 Å². The standard InChI is InChI=1S/C19H21BrN2O3/c1-22(2)16-6-4-5-14(11-16)19(24)21-17(12-18(23)25-3)13-7-9-15(20)10-8-13/h4-11,17H,12H2,1-3H3,(H,21,24). The molecule has 2 rings (SSSR count). The van der Waals surface area contributed by atoms with Crippen molar-refractivity contribution in [3.8, 4) is 0 Å². The molecule has 0 heterocycles. The first-order chi connectivity index (χ1) is 11.9. The van der Waals surface area contributed by atoms with Crippen molar-refractivity contribution in [2.24, 2.45) is 0 Å². The highest BCUT2D eigenvalue weighted by Gasteiger charge is 2.20. The van der Waals surface area contributed by atoms with Crippen LogP contribution in [0.5, 0.6) is 0 Å². The molecular formula is C19H21BrN2O3. The molecule has 5 nitrogen and oxygen atoms in total. The number of benzene rings is 2. The molecule has 6 heteroatoms. The average molecular weight is 405 g/mol. The van der Waals surface area contributed by atoms with Crippen molar-refractivity contribution >= 4 is 33.5 Å². The van der Waals surface area contributed by atoms with Crippen LogP contribution in [0.3, 0.4) is 0 Å². The summed E-state index contributed by atoms with van der Waals surface area (Å²) in [6.45, 7) is 0. The van der Waals surface area contributed by atoms with E-state index in [-0.39, 0.29) is 18.3 Å². The number of carbonyl (C=O) groups excluding carboxylic acids is 2. The molecule has 0 aliphatic carbocycles. The Hall–Kier alpha value is -2.34. The molecule has 1 amide bonds. The van der Waals surface area contributed by atoms with E-state index in [1.165, 1.54) is 7.11 Å². The van der Waals surface area contributed by atoms with E-state index in [0.717, 1.165) is 15.7 Å². The lowest BCUT2D eigenvalue weighted by atomic mass is 10.0. The second-order valence-electron chi connectivity index (χ2n) is 5.80. The number of hydrogen-bond donors (Lipinski definition) is 1. The molecule has 0 spiro atoms. The summed E-state index contributed by atoms with van der Waals surface area (Å²) in [7, 11) is 5.17. The largest absolute Gasteiger partial charge is 0.469 e. The summed E-state index contributed by atoms with van der Waals surface area (Å²) in [4.78, 5) is 26.3. The molecule has 0 radical (unpaired) electrons. The van der Waals surface area contributed by atoms with E-state index < -0.39 is 6.04 Å². The number of nitrogens with one attached hydrogen (secondary N) is 1. The van der Waals surface area contributed by atoms with Crippen molar-refractivity contribution in [1.82, 2.24) is 5.32 Å². The molecule has 0 saturated heterocycles. The molecule has 1 unspecified atom stereocenters. The molecule has 0 aromatic heterocycles. The Labute approximate surface area is 156 Å². The first kappa shape index (κ1) is 19.0. The molecule has 2 aromatic carbocycles. The van der Waals surface area contributed by atoms with E-state index in [4.69, 9.17) is 4.74 Å². The Bertz CT molecular complexity index is 745. The lowest BCUT2D eigenvalue weighted by Gasteiger charge is -2.19. The third kappa shape index (κ3) is 5.32. The zero-order valence-electron chi connectivity index (χ0n) is 14.5. The van der Waals surface area contributed by atoms with Gasteiger partial charge in [-0.15, -0.1) is 0 Å². The summed E-state index contributed by atoms with van der Waals surface area (Å²) in [5.74, 6) is -0.615. The SMILES string of the molecule is COC(=O)CC(NC(=O)c1cccc(N(C)C)c1)c1ccc(Br)cc1. The van der Waals surface area contributed by atoms with Crippen LogP contribution < -0.4 is 10.2 Å². The quantitative estimate of drug-likeness (QED) is 0.747. The Balaban J connectivity index is 2.23. The van der Waals surface area contributed by atoms with Crippen LogP contribution in [-0.2, 0) is 9.53 Å². The Kier molecular flexibility index (Phi) is 6.58. The van der Waals surface area contributed by atoms with E-state index in [1.807, 2.05) is 61.5 Å². The molecule has 2 aromatic rings. The summed E-state index contributed by atoms with van der Waals surface area (Å²) < 4.78 is 5.69. The van der Waals surface area contributed by atoms with Crippen molar-refractivity contribution in [3.63, 3.8) is 0 Å². The van der Waals surface area contributed by atoms with Gasteiger partial charge in [0.25, 0.3) is 5.91 Å². The van der Waals surface area contributed by atoms with Gasteiger partial charge in [-0.3, -0.25) is 9.59 Å². The summed E-state index contributed by atoms with van der Waals surface area (Å²) >= 11 is 3.38. The summed E-state index contributed by atoms with van der Waals surface area (Å²) in [5.41, 5.74) is 2.31. The predicted molar refractivity (Wildman–Crippen MR) is 102 cm³/mol. The van der Waals surface area contributed by atoms with Crippen LogP contribution in [0.2, 0.25) is 0 Å². The average Bonchev–Trinajstić information content (AvgIpc) is 2.61. The van der Waals surface area contributed by atoms with Gasteiger partial charge in [0.2, 0.25) is 0 Å². The van der Waals surface area contributed by atoms with Crippen LogP contribution >= 0.6 is 15.9 Å². The van der Waals surface area contributed by atoms with Crippen molar-refractivity contribution in [2.45, 2.75) is 12.5 Å². The Morgan fingerprint density at radius 2 is 1.84 bits per heavy atom. The maximum Gasteiger partial charge on any atom is 0.307 e. The van der Waals surface area contributed by atoms with Crippen LogP contribution in [0, 0.1) is 0 Å². The van der Waals surface area contributed by atoms with Crippen LogP contribution in [0.4, 0.5) is 5.69 Å². The summed E-state index contributed by atoms with van der Waals surface area (Å²) in [6.07, 6.45) is 0.0667. The van der Waals surface area contributed by atoms with Crippen LogP contribution in [0.25, 0.3) is 0 Å². The molecule has 0 fully saturated rings. The van der Waals surface area contributed by atoms with E-state index in [1.54, 1.807) is 6.07 Å². The topological polar surface area (TPSA) is 58.6 Å². The van der Waals surface area contributed by atoms with Gasteiger partial charge in [-0.25, -0.2) is 0 Å². The number of methoxy groups -OCH3 is 1. The van der Waals surface area contributed by atoms with Gasteiger partial charge in [0.1, 0.15) is 0 Å². The van der Waals surface area contributed by atoms with E-state index in [2.05, 4.69) is 21.2 Å². The fourth-order valence-corrected chi connectivity index (χ4v) is 2.63. The Morgan fingerprint density at radius 1 is 1.16 bits per heavy atom. The first-order valence-corrected chi connectivity index (χ1v) is 8.60. The van der Waals surface area contributed by atoms with Crippen molar-refractivity contribution in [3.05, 3.63) is 64.1 Å². The van der Waals surface area contributed by atoms with E-state index in [9.17, 15) is 9.59 Å². The molecule has 0 saturated carbocycles. The third-order valence-electron chi connectivity index (χ3n) is 3.80. The molecule has 0 aliphatic rings. The maximum absolute atomic E-state index is 12.6. The number of anilines is 1. The van der Waals surface area contributed by atoms with Crippen LogP contribution in [-0.4, -0.2) is 33.1 Å². The highest BCUT2D eigenvalue weighted by molar-refractivity contribution is 9.10. The van der Waals surface area contributed by atoms with E-state index in [0.29, 0.717) is 5.56 Å². The van der Waals surface area contributed by atoms with Gasteiger partial charge in [-0.1, -0.05) is 34.1 Å². The van der Waals surface area contributed by atoms with Gasteiger partial charge in [-0.05, 0) is 35.9 Å². The number of rotatable bonds is 6. The number of esters is 1. The monoisotopic (exact) mass is 404 g/mol. The minimum atomic E-state index is -0.462. The molecule has 1 N–H and O–H groups in total. The van der Waals surface area contributed by atoms with Crippen LogP contribution in [0.15, 0.2) is 53.0 Å². The number of ether oxygens (including phenoxy) is 1. The van der Waals surface area contributed by atoms with Crippen LogP contribution in [0.1, 0.15) is 28.4 Å². The second kappa shape index (κ2) is 8.67. The second-order valence-corrected chi connectivity index (χ2v) is 6.72. The Morgan fingerprint density at radius 3 is 2.44 bits per heavy atom. The molecular weight excluding hydrogens is 384 g/mol. The van der Waals surface area contributed by atoms with Gasteiger partial charge in [0, 0.05) is 29.8 Å². The zero-order chi connectivity index (χ0) is 18.4. The lowest BCUT2D eigenvalue weighted by Crippen LogP contribution is -2.30. The van der Waals surface area contributed by atoms with Gasteiger partial charge < -0.3 is 15.0 Å². The van der Waals surface area contributed by atoms with Crippen molar-refractivity contribution in [1.29, 1.82) is 0 Å². The minimum absolute atomic E-state index is 0.0667. The normalized spacial score (nSPS) is 11.5. The van der Waals surface area contributed by atoms with Gasteiger partial charge in [0.05, 0.1) is 19.6 Å². The molecule has 25 heavy (non-hydrogen) atoms. The number of hydrogen-bond acceptors (Lipinski definition) is 4. The van der Waals surface area contributed by atoms with Crippen molar-refractivity contribution < 1.29 is 14.3 Å². The first-order valence-electron chi connectivity index (χ1n) is 7.81. The molecule has 0 aliphatic heterocycles. The predicted octanol–water partition coefficient (Wildman–Crippen LogP) is 3.55. The highest BCUT2D eigenvalue weighted by Crippen LogP contribution is 2.21. The number of carbonyl (C=O) groups is 2.